The van der Waals surface area contributed by atoms with Crippen LogP contribution in [0.5, 0.6) is 5.75 Å². The van der Waals surface area contributed by atoms with Crippen molar-refractivity contribution in [3.8, 4) is 5.75 Å². The van der Waals surface area contributed by atoms with Crippen molar-refractivity contribution in [2.45, 2.75) is 18.9 Å². The van der Waals surface area contributed by atoms with Crippen molar-refractivity contribution >= 4 is 58.2 Å². The fourth-order valence-corrected chi connectivity index (χ4v) is 3.73. The molecular formula is C22H22Cl3N3O4. The highest BCUT2D eigenvalue weighted by atomic mass is 35.5. The molecule has 2 aromatic rings. The van der Waals surface area contributed by atoms with Crippen molar-refractivity contribution < 1.29 is 19.1 Å². The van der Waals surface area contributed by atoms with Gasteiger partial charge in [-0.2, -0.15) is 0 Å². The van der Waals surface area contributed by atoms with Gasteiger partial charge in [-0.25, -0.2) is 0 Å². The Morgan fingerprint density at radius 2 is 1.62 bits per heavy atom. The van der Waals surface area contributed by atoms with Gasteiger partial charge in [0.2, 0.25) is 0 Å². The Labute approximate surface area is 201 Å². The summed E-state index contributed by atoms with van der Waals surface area (Å²) in [6.45, 7) is 0.966. The number of halogens is 3. The van der Waals surface area contributed by atoms with Crippen molar-refractivity contribution in [2.75, 3.05) is 32.5 Å². The van der Waals surface area contributed by atoms with E-state index in [-0.39, 0.29) is 22.6 Å². The molecule has 0 spiro atoms. The molecule has 0 saturated carbocycles. The second kappa shape index (κ2) is 10.4. The number of carbonyl (C=O) groups is 3. The number of hydrogen-bond acceptors (Lipinski definition) is 4. The molecule has 10 heteroatoms. The molecule has 0 atom stereocenters. The molecule has 1 fully saturated rings. The van der Waals surface area contributed by atoms with E-state index in [1.807, 2.05) is 0 Å². The SMILES string of the molecule is CN(C)C(=O)C(=O)Nc1ccc(Cl)c(C(=O)N2CCC(Oc3ccc(Cl)c(Cl)c3)CC2)c1. The van der Waals surface area contributed by atoms with Crippen LogP contribution in [0.2, 0.25) is 15.1 Å². The number of nitrogens with zero attached hydrogens (tertiary/aromatic N) is 2. The van der Waals surface area contributed by atoms with Gasteiger partial charge in [-0.3, -0.25) is 14.4 Å². The van der Waals surface area contributed by atoms with Gasteiger partial charge in [-0.15, -0.1) is 0 Å². The van der Waals surface area contributed by atoms with Crippen LogP contribution >= 0.6 is 34.8 Å². The van der Waals surface area contributed by atoms with Crippen LogP contribution < -0.4 is 10.1 Å². The topological polar surface area (TPSA) is 79.0 Å². The largest absolute Gasteiger partial charge is 0.490 e. The van der Waals surface area contributed by atoms with Gasteiger partial charge in [0.25, 0.3) is 5.91 Å². The minimum Gasteiger partial charge on any atom is -0.490 e. The zero-order valence-corrected chi connectivity index (χ0v) is 19.8. The van der Waals surface area contributed by atoms with Gasteiger partial charge < -0.3 is 19.9 Å². The van der Waals surface area contributed by atoms with Crippen molar-refractivity contribution in [1.29, 1.82) is 0 Å². The predicted molar refractivity (Wildman–Crippen MR) is 125 cm³/mol. The van der Waals surface area contributed by atoms with Gasteiger partial charge in [-0.05, 0) is 30.3 Å². The summed E-state index contributed by atoms with van der Waals surface area (Å²) in [6.07, 6.45) is 1.21. The summed E-state index contributed by atoms with van der Waals surface area (Å²) < 4.78 is 5.96. The second-order valence-corrected chi connectivity index (χ2v) is 8.76. The molecule has 3 amide bonds. The molecule has 0 bridgehead atoms. The molecule has 1 heterocycles. The molecular weight excluding hydrogens is 477 g/mol. The number of nitrogens with one attached hydrogen (secondary N) is 1. The number of benzene rings is 2. The molecule has 3 rings (SSSR count). The highest BCUT2D eigenvalue weighted by molar-refractivity contribution is 6.42. The van der Waals surface area contributed by atoms with Crippen LogP contribution in [0.15, 0.2) is 36.4 Å². The summed E-state index contributed by atoms with van der Waals surface area (Å²) in [6, 6.07) is 9.64. The maximum absolute atomic E-state index is 13.0. The average Bonchev–Trinajstić information content (AvgIpc) is 2.77. The van der Waals surface area contributed by atoms with E-state index in [1.54, 1.807) is 23.1 Å². The fraction of sp³-hybridized carbons (Fsp3) is 0.318. The summed E-state index contributed by atoms with van der Waals surface area (Å²) in [5.41, 5.74) is 0.571. The number of carbonyl (C=O) groups excluding carboxylic acids is 3. The van der Waals surface area contributed by atoms with Crippen LogP contribution in [-0.2, 0) is 9.59 Å². The van der Waals surface area contributed by atoms with Crippen LogP contribution in [0.3, 0.4) is 0 Å². The summed E-state index contributed by atoms with van der Waals surface area (Å²) in [7, 11) is 2.96. The van der Waals surface area contributed by atoms with E-state index >= 15 is 0 Å². The summed E-state index contributed by atoms with van der Waals surface area (Å²) >= 11 is 18.2. The molecule has 170 valence electrons. The molecule has 1 N–H and O–H groups in total. The molecule has 0 aliphatic carbocycles. The fourth-order valence-electron chi connectivity index (χ4n) is 3.24. The van der Waals surface area contributed by atoms with Crippen LogP contribution in [-0.4, -0.2) is 60.8 Å². The van der Waals surface area contributed by atoms with Crippen molar-refractivity contribution in [3.63, 3.8) is 0 Å². The lowest BCUT2D eigenvalue weighted by molar-refractivity contribution is -0.141. The van der Waals surface area contributed by atoms with E-state index in [2.05, 4.69) is 5.32 Å². The zero-order valence-electron chi connectivity index (χ0n) is 17.5. The van der Waals surface area contributed by atoms with E-state index < -0.39 is 11.8 Å². The second-order valence-electron chi connectivity index (χ2n) is 7.53. The molecule has 0 aromatic heterocycles. The Balaban J connectivity index is 1.62. The number of rotatable bonds is 4. The van der Waals surface area contributed by atoms with Gasteiger partial charge in [0.15, 0.2) is 0 Å². The normalized spacial score (nSPS) is 14.1. The third-order valence-electron chi connectivity index (χ3n) is 4.98. The first-order valence-electron chi connectivity index (χ1n) is 9.89. The highest BCUT2D eigenvalue weighted by Gasteiger charge is 2.26. The van der Waals surface area contributed by atoms with E-state index in [1.165, 1.54) is 37.2 Å². The number of anilines is 1. The molecule has 2 aromatic carbocycles. The maximum Gasteiger partial charge on any atom is 0.313 e. The minimum absolute atomic E-state index is 0.0607. The van der Waals surface area contributed by atoms with Crippen molar-refractivity contribution in [2.24, 2.45) is 0 Å². The van der Waals surface area contributed by atoms with Crippen LogP contribution in [0.1, 0.15) is 23.2 Å². The van der Waals surface area contributed by atoms with E-state index in [0.717, 1.165) is 0 Å². The number of ether oxygens (including phenoxy) is 1. The van der Waals surface area contributed by atoms with Crippen LogP contribution in [0.4, 0.5) is 5.69 Å². The Kier molecular flexibility index (Phi) is 7.87. The lowest BCUT2D eigenvalue weighted by Gasteiger charge is -2.32. The standard InChI is InChI=1S/C22H22Cl3N3O4/c1-27(2)22(31)20(29)26-13-3-5-17(23)16(11-13)21(30)28-9-7-14(8-10-28)32-15-4-6-18(24)19(25)12-15/h3-6,11-12,14H,7-10H2,1-2H3,(H,26,29). The number of likely N-dealkylation sites (tertiary alicyclic amines) is 1. The first-order valence-corrected chi connectivity index (χ1v) is 11.0. The minimum atomic E-state index is -0.795. The molecule has 1 saturated heterocycles. The molecule has 0 radical (unpaired) electrons. The Morgan fingerprint density at radius 3 is 2.25 bits per heavy atom. The third-order valence-corrected chi connectivity index (χ3v) is 6.05. The quantitative estimate of drug-likeness (QED) is 0.636. The smallest absolute Gasteiger partial charge is 0.313 e. The van der Waals surface area contributed by atoms with E-state index in [4.69, 9.17) is 39.5 Å². The monoisotopic (exact) mass is 497 g/mol. The predicted octanol–water partition coefficient (Wildman–Crippen LogP) is 4.36. The van der Waals surface area contributed by atoms with Gasteiger partial charge in [0.05, 0.1) is 20.6 Å². The number of hydrogen-bond donors (Lipinski definition) is 1. The molecule has 7 nitrogen and oxygen atoms in total. The maximum atomic E-state index is 13.0. The zero-order chi connectivity index (χ0) is 23.4. The molecule has 1 aliphatic heterocycles. The number of likely N-dealkylation sites (N-methyl/N-ethyl adjacent to an activating group) is 1. The Bertz CT molecular complexity index is 1040. The lowest BCUT2D eigenvalue weighted by Crippen LogP contribution is -2.42. The number of piperidine rings is 1. The average molecular weight is 499 g/mol. The van der Waals surface area contributed by atoms with Crippen molar-refractivity contribution in [1.82, 2.24) is 9.80 Å². The highest BCUT2D eigenvalue weighted by Crippen LogP contribution is 2.29. The van der Waals surface area contributed by atoms with E-state index in [0.29, 0.717) is 47.4 Å². The summed E-state index contributed by atoms with van der Waals surface area (Å²) in [5.74, 6) is -1.12. The van der Waals surface area contributed by atoms with Gasteiger partial charge in [0.1, 0.15) is 11.9 Å². The van der Waals surface area contributed by atoms with Gasteiger partial charge >= 0.3 is 11.8 Å². The van der Waals surface area contributed by atoms with Crippen molar-refractivity contribution in [3.05, 3.63) is 57.0 Å². The summed E-state index contributed by atoms with van der Waals surface area (Å²) in [5, 5.41) is 3.64. The van der Waals surface area contributed by atoms with Gasteiger partial charge in [-0.1, -0.05) is 34.8 Å². The number of amides is 3. The first-order chi connectivity index (χ1) is 15.2. The third kappa shape index (κ3) is 5.85. The molecule has 0 unspecified atom stereocenters. The van der Waals surface area contributed by atoms with Crippen LogP contribution in [0, 0.1) is 0 Å². The molecule has 32 heavy (non-hydrogen) atoms. The van der Waals surface area contributed by atoms with Gasteiger partial charge in [0, 0.05) is 51.8 Å². The Morgan fingerprint density at radius 1 is 0.969 bits per heavy atom. The van der Waals surface area contributed by atoms with E-state index in [9.17, 15) is 14.4 Å². The Hall–Kier alpha value is -2.48. The molecule has 1 aliphatic rings. The lowest BCUT2D eigenvalue weighted by atomic mass is 10.1. The van der Waals surface area contributed by atoms with Crippen LogP contribution in [0.25, 0.3) is 0 Å². The summed E-state index contributed by atoms with van der Waals surface area (Å²) in [4.78, 5) is 39.6. The first kappa shape index (κ1) is 24.2.